The topological polar surface area (TPSA) is 71.2 Å². The summed E-state index contributed by atoms with van der Waals surface area (Å²) in [7, 11) is 0. The first-order chi connectivity index (χ1) is 11.5. The lowest BCUT2D eigenvalue weighted by molar-refractivity contribution is -0.137. The zero-order valence-corrected chi connectivity index (χ0v) is 14.5. The van der Waals surface area contributed by atoms with Crippen molar-refractivity contribution >= 4 is 29.2 Å². The van der Waals surface area contributed by atoms with Gasteiger partial charge in [0.15, 0.2) is 0 Å². The summed E-state index contributed by atoms with van der Waals surface area (Å²) in [6.07, 6.45) is 7.03. The molecule has 1 saturated heterocycles. The van der Waals surface area contributed by atoms with E-state index in [0.29, 0.717) is 16.6 Å². The maximum atomic E-state index is 10.8. The van der Waals surface area contributed by atoms with Crippen LogP contribution in [-0.4, -0.2) is 43.8 Å². The molecule has 2 aromatic rings. The Labute approximate surface area is 150 Å². The van der Waals surface area contributed by atoms with E-state index in [2.05, 4.69) is 15.0 Å². The highest BCUT2D eigenvalue weighted by atomic mass is 35.5. The molecule has 8 heteroatoms. The molecular weight excluding hydrogens is 351 g/mol. The van der Waals surface area contributed by atoms with Crippen LogP contribution >= 0.6 is 23.2 Å². The largest absolute Gasteiger partial charge is 0.480 e. The van der Waals surface area contributed by atoms with Crippen molar-refractivity contribution < 1.29 is 9.90 Å². The van der Waals surface area contributed by atoms with Crippen LogP contribution in [0.5, 0.6) is 0 Å². The standard InChI is InChI=1S/C16H18Cl2N4O2/c17-13-6-19-7-14(18)12(13)9-21-4-1-2-11(8-21)15-3-5-22(20-15)10-16(23)24/h3,5-7,11H,1-2,4,8-10H2,(H,23,24)/t11-/m0/s1. The molecule has 0 amide bonds. The molecule has 3 heterocycles. The van der Waals surface area contributed by atoms with E-state index in [-0.39, 0.29) is 12.5 Å². The van der Waals surface area contributed by atoms with Crippen LogP contribution < -0.4 is 0 Å². The Bertz CT molecular complexity index is 714. The molecule has 0 radical (unpaired) electrons. The van der Waals surface area contributed by atoms with Crippen LogP contribution in [0.2, 0.25) is 10.0 Å². The van der Waals surface area contributed by atoms with Gasteiger partial charge in [0.1, 0.15) is 6.54 Å². The Hall–Kier alpha value is -1.63. The molecule has 0 bridgehead atoms. The minimum Gasteiger partial charge on any atom is -0.480 e. The number of hydrogen-bond acceptors (Lipinski definition) is 4. The van der Waals surface area contributed by atoms with Gasteiger partial charge in [-0.25, -0.2) is 0 Å². The van der Waals surface area contributed by atoms with Crippen molar-refractivity contribution in [2.24, 2.45) is 0 Å². The molecule has 0 aliphatic carbocycles. The van der Waals surface area contributed by atoms with Gasteiger partial charge in [0.2, 0.25) is 0 Å². The Balaban J connectivity index is 1.68. The van der Waals surface area contributed by atoms with Gasteiger partial charge in [0.05, 0.1) is 15.7 Å². The second-order valence-electron chi connectivity index (χ2n) is 5.99. The average Bonchev–Trinajstić information content (AvgIpc) is 2.99. The second-order valence-corrected chi connectivity index (χ2v) is 6.80. The fraction of sp³-hybridized carbons (Fsp3) is 0.438. The summed E-state index contributed by atoms with van der Waals surface area (Å²) in [6.45, 7) is 2.38. The minimum atomic E-state index is -0.892. The molecule has 1 N–H and O–H groups in total. The molecular formula is C16H18Cl2N4O2. The molecule has 0 saturated carbocycles. The van der Waals surface area contributed by atoms with Gasteiger partial charge in [-0.3, -0.25) is 19.4 Å². The molecule has 1 fully saturated rings. The molecule has 1 aliphatic rings. The molecule has 1 aliphatic heterocycles. The number of carboxylic acids is 1. The van der Waals surface area contributed by atoms with E-state index in [1.807, 2.05) is 6.07 Å². The number of nitrogens with zero attached hydrogens (tertiary/aromatic N) is 4. The average molecular weight is 369 g/mol. The van der Waals surface area contributed by atoms with Gasteiger partial charge in [-0.05, 0) is 25.5 Å². The fourth-order valence-electron chi connectivity index (χ4n) is 3.08. The lowest BCUT2D eigenvalue weighted by Gasteiger charge is -2.32. The summed E-state index contributed by atoms with van der Waals surface area (Å²) >= 11 is 12.4. The van der Waals surface area contributed by atoms with Crippen molar-refractivity contribution in [1.29, 1.82) is 0 Å². The molecule has 0 spiro atoms. The first-order valence-corrected chi connectivity index (χ1v) is 8.54. The predicted molar refractivity (Wildman–Crippen MR) is 91.4 cm³/mol. The highest BCUT2D eigenvalue weighted by molar-refractivity contribution is 6.35. The number of rotatable bonds is 5. The van der Waals surface area contributed by atoms with Gasteiger partial charge in [-0.15, -0.1) is 0 Å². The van der Waals surface area contributed by atoms with E-state index in [4.69, 9.17) is 28.3 Å². The van der Waals surface area contributed by atoms with Crippen LogP contribution in [0.3, 0.4) is 0 Å². The lowest BCUT2D eigenvalue weighted by Crippen LogP contribution is -2.34. The van der Waals surface area contributed by atoms with E-state index in [1.165, 1.54) is 4.68 Å². The normalized spacial score (nSPS) is 18.7. The molecule has 6 nitrogen and oxygen atoms in total. The zero-order valence-electron chi connectivity index (χ0n) is 13.0. The van der Waals surface area contributed by atoms with E-state index in [9.17, 15) is 4.79 Å². The lowest BCUT2D eigenvalue weighted by atomic mass is 9.94. The number of halogens is 2. The number of carbonyl (C=O) groups is 1. The Morgan fingerprint density at radius 2 is 2.08 bits per heavy atom. The molecule has 128 valence electrons. The van der Waals surface area contributed by atoms with Gasteiger partial charge in [-0.1, -0.05) is 23.2 Å². The summed E-state index contributed by atoms with van der Waals surface area (Å²) in [5.74, 6) is -0.606. The van der Waals surface area contributed by atoms with Crippen molar-refractivity contribution in [3.63, 3.8) is 0 Å². The number of carboxylic acid groups (broad SMARTS) is 1. The van der Waals surface area contributed by atoms with Crippen LogP contribution in [0.25, 0.3) is 0 Å². The van der Waals surface area contributed by atoms with Crippen LogP contribution in [0.15, 0.2) is 24.7 Å². The van der Waals surface area contributed by atoms with Crippen molar-refractivity contribution in [2.45, 2.75) is 31.8 Å². The van der Waals surface area contributed by atoms with Crippen LogP contribution in [-0.2, 0) is 17.9 Å². The first kappa shape index (κ1) is 17.2. The zero-order chi connectivity index (χ0) is 17.1. The van der Waals surface area contributed by atoms with Gasteiger partial charge >= 0.3 is 5.97 Å². The number of aromatic nitrogens is 3. The Morgan fingerprint density at radius 1 is 1.33 bits per heavy atom. The summed E-state index contributed by atoms with van der Waals surface area (Å²) < 4.78 is 1.47. The summed E-state index contributed by atoms with van der Waals surface area (Å²) in [5, 5.41) is 14.4. The summed E-state index contributed by atoms with van der Waals surface area (Å²) in [5.41, 5.74) is 1.83. The van der Waals surface area contributed by atoms with Gasteiger partial charge < -0.3 is 5.11 Å². The Kier molecular flexibility index (Phi) is 5.38. The number of piperidine rings is 1. The molecule has 0 unspecified atom stereocenters. The first-order valence-electron chi connectivity index (χ1n) is 7.78. The minimum absolute atomic E-state index is 0.112. The van der Waals surface area contributed by atoms with Crippen LogP contribution in [0.1, 0.15) is 30.0 Å². The second kappa shape index (κ2) is 7.51. The monoisotopic (exact) mass is 368 g/mol. The number of aliphatic carboxylic acids is 1. The number of pyridine rings is 1. The smallest absolute Gasteiger partial charge is 0.325 e. The highest BCUT2D eigenvalue weighted by Crippen LogP contribution is 2.30. The van der Waals surface area contributed by atoms with Crippen molar-refractivity contribution in [3.8, 4) is 0 Å². The predicted octanol–water partition coefficient (Wildman–Crippen LogP) is 3.05. The number of hydrogen-bond donors (Lipinski definition) is 1. The quantitative estimate of drug-likeness (QED) is 0.877. The van der Waals surface area contributed by atoms with E-state index < -0.39 is 5.97 Å². The third-order valence-corrected chi connectivity index (χ3v) is 4.87. The molecule has 0 aromatic carbocycles. The SMILES string of the molecule is O=C(O)Cn1ccc([C@H]2CCCN(Cc3c(Cl)cncc3Cl)C2)n1. The maximum Gasteiger partial charge on any atom is 0.325 e. The Morgan fingerprint density at radius 3 is 2.79 bits per heavy atom. The highest BCUT2D eigenvalue weighted by Gasteiger charge is 2.24. The summed E-state index contributed by atoms with van der Waals surface area (Å²) in [6, 6.07) is 1.91. The van der Waals surface area contributed by atoms with Crippen molar-refractivity contribution in [1.82, 2.24) is 19.7 Å². The van der Waals surface area contributed by atoms with Crippen LogP contribution in [0.4, 0.5) is 0 Å². The van der Waals surface area contributed by atoms with E-state index in [1.54, 1.807) is 18.6 Å². The fourth-order valence-corrected chi connectivity index (χ4v) is 3.56. The molecule has 1 atom stereocenters. The van der Waals surface area contributed by atoms with Gasteiger partial charge in [0.25, 0.3) is 0 Å². The maximum absolute atomic E-state index is 10.8. The van der Waals surface area contributed by atoms with Crippen molar-refractivity contribution in [3.05, 3.63) is 46.0 Å². The molecule has 2 aromatic heterocycles. The van der Waals surface area contributed by atoms with Crippen LogP contribution in [0, 0.1) is 0 Å². The third-order valence-electron chi connectivity index (χ3n) is 4.22. The van der Waals surface area contributed by atoms with Gasteiger partial charge in [-0.2, -0.15) is 5.10 Å². The van der Waals surface area contributed by atoms with E-state index >= 15 is 0 Å². The number of likely N-dealkylation sites (tertiary alicyclic amines) is 1. The van der Waals surface area contributed by atoms with E-state index in [0.717, 1.165) is 37.2 Å². The van der Waals surface area contributed by atoms with Gasteiger partial charge in [0, 0.05) is 43.2 Å². The summed E-state index contributed by atoms with van der Waals surface area (Å²) in [4.78, 5) is 17.1. The molecule has 24 heavy (non-hydrogen) atoms. The third kappa shape index (κ3) is 4.06. The molecule has 3 rings (SSSR count). The van der Waals surface area contributed by atoms with Crippen molar-refractivity contribution in [2.75, 3.05) is 13.1 Å².